The molecule has 0 radical (unpaired) electrons. The first-order valence-electron chi connectivity index (χ1n) is 11.0. The molecule has 0 aliphatic carbocycles. The number of benzene rings is 2. The highest BCUT2D eigenvalue weighted by Gasteiger charge is 2.58. The van der Waals surface area contributed by atoms with Crippen molar-refractivity contribution in [2.75, 3.05) is 12.3 Å². The summed E-state index contributed by atoms with van der Waals surface area (Å²) in [6.07, 6.45) is -0.499. The van der Waals surface area contributed by atoms with E-state index in [1.165, 1.54) is 44.2 Å². The number of rotatable bonds is 7. The lowest BCUT2D eigenvalue weighted by atomic mass is 9.94. The van der Waals surface area contributed by atoms with Crippen LogP contribution in [0.25, 0.3) is 11.1 Å². The van der Waals surface area contributed by atoms with Crippen molar-refractivity contribution in [2.45, 2.75) is 57.7 Å². The van der Waals surface area contributed by atoms with Crippen molar-refractivity contribution < 1.29 is 35.9 Å². The van der Waals surface area contributed by atoms with Gasteiger partial charge in [0.2, 0.25) is 10.0 Å². The normalized spacial score (nSPS) is 20.3. The SMILES string of the molecule is CCS(=O)(=O)N[C@@H]1[C@H](Cc2cccc(-c3cccc(C)c3F)c2F)N(C(=O)C(C)(C)O)CC1(F)F. The summed E-state index contributed by atoms with van der Waals surface area (Å²) in [5.41, 5.74) is -1.97. The van der Waals surface area contributed by atoms with Crippen molar-refractivity contribution >= 4 is 15.9 Å². The average Bonchev–Trinajstić information content (AvgIpc) is 3.00. The zero-order valence-electron chi connectivity index (χ0n) is 19.8. The number of aliphatic hydroxyl groups is 1. The van der Waals surface area contributed by atoms with E-state index in [4.69, 9.17) is 0 Å². The summed E-state index contributed by atoms with van der Waals surface area (Å²) < 4.78 is 86.6. The molecule has 1 saturated heterocycles. The van der Waals surface area contributed by atoms with Crippen LogP contribution in [0.5, 0.6) is 0 Å². The van der Waals surface area contributed by atoms with Gasteiger partial charge in [-0.3, -0.25) is 4.79 Å². The Hall–Kier alpha value is -2.50. The van der Waals surface area contributed by atoms with E-state index in [-0.39, 0.29) is 16.7 Å². The molecule has 0 bridgehead atoms. The van der Waals surface area contributed by atoms with Crippen LogP contribution in [0.15, 0.2) is 36.4 Å². The Balaban J connectivity index is 2.10. The van der Waals surface area contributed by atoms with Crippen molar-refractivity contribution in [1.29, 1.82) is 0 Å². The first-order chi connectivity index (χ1) is 16.1. The van der Waals surface area contributed by atoms with Crippen LogP contribution < -0.4 is 4.72 Å². The van der Waals surface area contributed by atoms with Crippen LogP contribution in [0.1, 0.15) is 31.9 Å². The lowest BCUT2D eigenvalue weighted by molar-refractivity contribution is -0.149. The minimum Gasteiger partial charge on any atom is -0.381 e. The maximum Gasteiger partial charge on any atom is 0.283 e. The van der Waals surface area contributed by atoms with Crippen LogP contribution in [0.4, 0.5) is 17.6 Å². The van der Waals surface area contributed by atoms with Crippen molar-refractivity contribution in [2.24, 2.45) is 0 Å². The Morgan fingerprint density at radius 1 is 1.14 bits per heavy atom. The monoisotopic (exact) mass is 516 g/mol. The Labute approximate surface area is 202 Å². The first kappa shape index (κ1) is 27.1. The van der Waals surface area contributed by atoms with E-state index in [0.717, 1.165) is 13.8 Å². The molecule has 2 atom stereocenters. The number of likely N-dealkylation sites (tertiary alicyclic amines) is 1. The van der Waals surface area contributed by atoms with Gasteiger partial charge in [0.05, 0.1) is 18.3 Å². The number of alkyl halides is 2. The zero-order chi connectivity index (χ0) is 26.3. The predicted octanol–water partition coefficient (Wildman–Crippen LogP) is 3.41. The third kappa shape index (κ3) is 5.52. The minimum absolute atomic E-state index is 0.0197. The number of amides is 1. The third-order valence-corrected chi connectivity index (χ3v) is 7.45. The van der Waals surface area contributed by atoms with Crippen molar-refractivity contribution in [1.82, 2.24) is 9.62 Å². The molecule has 1 amide bonds. The van der Waals surface area contributed by atoms with E-state index < -0.39 is 69.9 Å². The maximum atomic E-state index is 15.6. The minimum atomic E-state index is -4.13. The van der Waals surface area contributed by atoms with Crippen molar-refractivity contribution in [3.05, 3.63) is 59.2 Å². The van der Waals surface area contributed by atoms with Crippen LogP contribution in [0.2, 0.25) is 0 Å². The van der Waals surface area contributed by atoms with Crippen LogP contribution in [0.3, 0.4) is 0 Å². The molecule has 3 rings (SSSR count). The second-order valence-corrected chi connectivity index (χ2v) is 11.3. The van der Waals surface area contributed by atoms with Gasteiger partial charge in [0.1, 0.15) is 23.3 Å². The van der Waals surface area contributed by atoms with E-state index in [2.05, 4.69) is 0 Å². The fourth-order valence-electron chi connectivity index (χ4n) is 4.17. The van der Waals surface area contributed by atoms with Gasteiger partial charge in [0.15, 0.2) is 0 Å². The summed E-state index contributed by atoms with van der Waals surface area (Å²) in [5, 5.41) is 10.2. The molecule has 0 saturated carbocycles. The average molecular weight is 517 g/mol. The number of carbonyl (C=O) groups excluding carboxylic acids is 1. The number of sulfonamides is 1. The lowest BCUT2D eigenvalue weighted by Crippen LogP contribution is -2.54. The largest absolute Gasteiger partial charge is 0.381 e. The molecule has 1 aliphatic heterocycles. The van der Waals surface area contributed by atoms with Gasteiger partial charge in [-0.2, -0.15) is 0 Å². The summed E-state index contributed by atoms with van der Waals surface area (Å²) >= 11 is 0. The first-order valence-corrected chi connectivity index (χ1v) is 12.7. The topological polar surface area (TPSA) is 86.7 Å². The standard InChI is InChI=1S/C24H28F4N2O4S/c1-5-35(33,34)29-21-18(30(13-24(21,27)28)22(31)23(3,4)32)12-15-9-7-11-17(20(15)26)16-10-6-8-14(2)19(16)25/h6-11,18,21,29,32H,5,12-13H2,1-4H3/t18-,21+/m0/s1. The molecule has 1 aliphatic rings. The third-order valence-electron chi connectivity index (χ3n) is 6.08. The fourth-order valence-corrected chi connectivity index (χ4v) is 5.06. The van der Waals surface area contributed by atoms with Gasteiger partial charge in [-0.05, 0) is 45.2 Å². The number of hydrogen-bond acceptors (Lipinski definition) is 4. The molecule has 11 heteroatoms. The molecule has 2 aromatic carbocycles. The van der Waals surface area contributed by atoms with Gasteiger partial charge in [-0.25, -0.2) is 30.7 Å². The Bertz CT molecular complexity index is 1230. The molecule has 192 valence electrons. The summed E-state index contributed by atoms with van der Waals surface area (Å²) in [6.45, 7) is 3.87. The van der Waals surface area contributed by atoms with Gasteiger partial charge in [0, 0.05) is 11.1 Å². The van der Waals surface area contributed by atoms with Crippen LogP contribution >= 0.6 is 0 Å². The highest BCUT2D eigenvalue weighted by Crippen LogP contribution is 2.37. The number of carbonyl (C=O) groups is 1. The molecule has 0 spiro atoms. The molecule has 0 aromatic heterocycles. The van der Waals surface area contributed by atoms with Crippen LogP contribution in [-0.4, -0.2) is 60.2 Å². The molecular weight excluding hydrogens is 488 g/mol. The summed E-state index contributed by atoms with van der Waals surface area (Å²) in [5.74, 6) is -6.74. The molecule has 1 heterocycles. The number of halogens is 4. The zero-order valence-corrected chi connectivity index (χ0v) is 20.6. The number of hydrogen-bond donors (Lipinski definition) is 2. The summed E-state index contributed by atoms with van der Waals surface area (Å²) in [7, 11) is -4.13. The number of aryl methyl sites for hydroxylation is 1. The molecular formula is C24H28F4N2O4S. The Morgan fingerprint density at radius 2 is 1.71 bits per heavy atom. The quantitative estimate of drug-likeness (QED) is 0.553. The van der Waals surface area contributed by atoms with Gasteiger partial charge in [0.25, 0.3) is 11.8 Å². The maximum absolute atomic E-state index is 15.6. The number of nitrogens with zero attached hydrogens (tertiary/aromatic N) is 1. The summed E-state index contributed by atoms with van der Waals surface area (Å²) in [6, 6.07) is 4.96. The van der Waals surface area contributed by atoms with Gasteiger partial charge >= 0.3 is 0 Å². The Kier molecular flexibility index (Phi) is 7.36. The van der Waals surface area contributed by atoms with E-state index in [9.17, 15) is 22.7 Å². The second kappa shape index (κ2) is 9.51. The van der Waals surface area contributed by atoms with E-state index in [1.54, 1.807) is 6.07 Å². The molecule has 2 aromatic rings. The fraction of sp³-hybridized carbons (Fsp3) is 0.458. The van der Waals surface area contributed by atoms with Gasteiger partial charge in [-0.15, -0.1) is 0 Å². The Morgan fingerprint density at radius 3 is 2.29 bits per heavy atom. The van der Waals surface area contributed by atoms with Crippen molar-refractivity contribution in [3.8, 4) is 11.1 Å². The lowest BCUT2D eigenvalue weighted by Gasteiger charge is -2.32. The molecule has 0 unspecified atom stereocenters. The van der Waals surface area contributed by atoms with E-state index >= 15 is 13.2 Å². The second-order valence-electron chi connectivity index (χ2n) is 9.24. The van der Waals surface area contributed by atoms with E-state index in [0.29, 0.717) is 10.5 Å². The molecule has 35 heavy (non-hydrogen) atoms. The summed E-state index contributed by atoms with van der Waals surface area (Å²) in [4.78, 5) is 13.5. The predicted molar refractivity (Wildman–Crippen MR) is 123 cm³/mol. The van der Waals surface area contributed by atoms with Crippen molar-refractivity contribution in [3.63, 3.8) is 0 Å². The highest BCUT2D eigenvalue weighted by atomic mass is 32.2. The van der Waals surface area contributed by atoms with E-state index in [1.807, 2.05) is 4.72 Å². The molecule has 2 N–H and O–H groups in total. The molecule has 1 fully saturated rings. The van der Waals surface area contributed by atoms with Gasteiger partial charge in [-0.1, -0.05) is 36.4 Å². The highest BCUT2D eigenvalue weighted by molar-refractivity contribution is 7.89. The smallest absolute Gasteiger partial charge is 0.283 e. The van der Waals surface area contributed by atoms with Gasteiger partial charge < -0.3 is 10.0 Å². The molecule has 6 nitrogen and oxygen atoms in total. The van der Waals surface area contributed by atoms with Crippen LogP contribution in [0, 0.1) is 18.6 Å². The number of nitrogens with one attached hydrogen (secondary N) is 1. The van der Waals surface area contributed by atoms with Crippen LogP contribution in [-0.2, 0) is 21.2 Å².